The molecular weight excluding hydrogens is 548 g/mol. The van der Waals surface area contributed by atoms with Gasteiger partial charge in [-0.2, -0.15) is 0 Å². The van der Waals surface area contributed by atoms with Gasteiger partial charge in [-0.1, -0.05) is 91.0 Å². The molecule has 1 heterocycles. The lowest BCUT2D eigenvalue weighted by Gasteiger charge is -2.39. The SMILES string of the molecule is CC(c1ccc2ccccc2c1)N(C)CC1CC(c2ccc(CO)cc2)OC(c2ccc(NC(=O)c3ccccc3)cc2)O1. The van der Waals surface area contributed by atoms with Crippen LogP contribution in [0, 0.1) is 0 Å². The number of amides is 1. The van der Waals surface area contributed by atoms with Crippen LogP contribution in [-0.4, -0.2) is 35.6 Å². The third kappa shape index (κ3) is 6.90. The molecule has 1 saturated heterocycles. The number of hydrogen-bond acceptors (Lipinski definition) is 5. The van der Waals surface area contributed by atoms with Crippen molar-refractivity contribution < 1.29 is 19.4 Å². The Bertz CT molecular complexity index is 1690. The zero-order valence-corrected chi connectivity index (χ0v) is 25.1. The van der Waals surface area contributed by atoms with Crippen LogP contribution in [-0.2, 0) is 16.1 Å². The molecule has 0 spiro atoms. The van der Waals surface area contributed by atoms with Crippen LogP contribution in [0.2, 0.25) is 0 Å². The summed E-state index contributed by atoms with van der Waals surface area (Å²) in [6.45, 7) is 2.96. The number of aliphatic hydroxyl groups excluding tert-OH is 1. The first kappa shape index (κ1) is 29.7. The molecule has 4 unspecified atom stereocenters. The molecule has 0 aliphatic carbocycles. The van der Waals surface area contributed by atoms with Crippen LogP contribution >= 0.6 is 0 Å². The molecule has 6 nitrogen and oxygen atoms in total. The van der Waals surface area contributed by atoms with Crippen LogP contribution < -0.4 is 5.32 Å². The predicted molar refractivity (Wildman–Crippen MR) is 174 cm³/mol. The highest BCUT2D eigenvalue weighted by Gasteiger charge is 2.33. The van der Waals surface area contributed by atoms with Crippen molar-refractivity contribution in [1.29, 1.82) is 0 Å². The number of anilines is 1. The summed E-state index contributed by atoms with van der Waals surface area (Å²) in [5, 5.41) is 15.0. The number of carbonyl (C=O) groups is 1. The minimum atomic E-state index is -0.570. The van der Waals surface area contributed by atoms with Crippen LogP contribution in [0.25, 0.3) is 10.8 Å². The Morgan fingerprint density at radius 1 is 0.841 bits per heavy atom. The van der Waals surface area contributed by atoms with Crippen LogP contribution in [0.15, 0.2) is 121 Å². The number of hydrogen-bond donors (Lipinski definition) is 2. The van der Waals surface area contributed by atoms with Gasteiger partial charge in [-0.3, -0.25) is 9.69 Å². The molecule has 4 atom stereocenters. The molecule has 224 valence electrons. The highest BCUT2D eigenvalue weighted by molar-refractivity contribution is 6.04. The lowest BCUT2D eigenvalue weighted by molar-refractivity contribution is -0.253. The number of nitrogens with zero attached hydrogens (tertiary/aromatic N) is 1. The zero-order chi connectivity index (χ0) is 30.5. The first-order valence-corrected chi connectivity index (χ1v) is 15.1. The van der Waals surface area contributed by atoms with Crippen molar-refractivity contribution in [3.8, 4) is 0 Å². The third-order valence-electron chi connectivity index (χ3n) is 8.50. The summed E-state index contributed by atoms with van der Waals surface area (Å²) < 4.78 is 13.1. The second kappa shape index (κ2) is 13.5. The summed E-state index contributed by atoms with van der Waals surface area (Å²) in [6.07, 6.45) is -0.121. The Morgan fingerprint density at radius 3 is 2.25 bits per heavy atom. The van der Waals surface area contributed by atoms with Crippen molar-refractivity contribution in [1.82, 2.24) is 4.90 Å². The molecule has 0 radical (unpaired) electrons. The van der Waals surface area contributed by atoms with E-state index >= 15 is 0 Å². The van der Waals surface area contributed by atoms with E-state index in [1.807, 2.05) is 66.7 Å². The zero-order valence-electron chi connectivity index (χ0n) is 25.1. The molecule has 1 fully saturated rings. The Hall–Kier alpha value is -4.33. The lowest BCUT2D eigenvalue weighted by atomic mass is 9.98. The topological polar surface area (TPSA) is 71.0 Å². The Kier molecular flexibility index (Phi) is 9.15. The molecule has 1 aliphatic rings. The van der Waals surface area contributed by atoms with E-state index in [9.17, 15) is 9.90 Å². The quantitative estimate of drug-likeness (QED) is 0.184. The van der Waals surface area contributed by atoms with Crippen LogP contribution in [0.3, 0.4) is 0 Å². The average molecular weight is 587 g/mol. The van der Waals surface area contributed by atoms with E-state index in [1.54, 1.807) is 12.1 Å². The molecule has 6 heteroatoms. The number of benzene rings is 5. The fourth-order valence-corrected chi connectivity index (χ4v) is 5.75. The number of aliphatic hydroxyl groups is 1. The van der Waals surface area contributed by atoms with E-state index in [0.29, 0.717) is 17.7 Å². The van der Waals surface area contributed by atoms with Crippen molar-refractivity contribution in [3.63, 3.8) is 0 Å². The van der Waals surface area contributed by atoms with E-state index < -0.39 is 6.29 Å². The van der Waals surface area contributed by atoms with Crippen molar-refractivity contribution in [2.45, 2.75) is 44.5 Å². The number of fused-ring (bicyclic) bond motifs is 1. The van der Waals surface area contributed by atoms with E-state index in [-0.39, 0.29) is 30.8 Å². The molecular formula is C38H38N2O4. The highest BCUT2D eigenvalue weighted by Crippen LogP contribution is 2.39. The van der Waals surface area contributed by atoms with Crippen LogP contribution in [0.5, 0.6) is 0 Å². The first-order chi connectivity index (χ1) is 21.5. The maximum absolute atomic E-state index is 12.6. The lowest BCUT2D eigenvalue weighted by Crippen LogP contribution is -2.38. The maximum Gasteiger partial charge on any atom is 0.255 e. The summed E-state index contributed by atoms with van der Waals surface area (Å²) >= 11 is 0. The van der Waals surface area contributed by atoms with Gasteiger partial charge in [-0.15, -0.1) is 0 Å². The van der Waals surface area contributed by atoms with Crippen LogP contribution in [0.1, 0.15) is 64.4 Å². The smallest absolute Gasteiger partial charge is 0.255 e. The second-order valence-electron chi connectivity index (χ2n) is 11.5. The summed E-state index contributed by atoms with van der Waals surface area (Å²) in [6, 6.07) is 40.1. The minimum absolute atomic E-state index is 0.00474. The average Bonchev–Trinajstić information content (AvgIpc) is 3.08. The fourth-order valence-electron chi connectivity index (χ4n) is 5.75. The normalized spacial score (nSPS) is 19.1. The monoisotopic (exact) mass is 586 g/mol. The number of likely N-dealkylation sites (N-methyl/N-ethyl adjacent to an activating group) is 1. The number of nitrogens with one attached hydrogen (secondary N) is 1. The number of ether oxygens (including phenoxy) is 2. The van der Waals surface area contributed by atoms with E-state index in [4.69, 9.17) is 9.47 Å². The largest absolute Gasteiger partial charge is 0.392 e. The highest BCUT2D eigenvalue weighted by atomic mass is 16.7. The summed E-state index contributed by atoms with van der Waals surface area (Å²) in [7, 11) is 2.14. The second-order valence-corrected chi connectivity index (χ2v) is 11.5. The first-order valence-electron chi connectivity index (χ1n) is 15.1. The molecule has 1 aliphatic heterocycles. The van der Waals surface area contributed by atoms with Gasteiger partial charge in [-0.25, -0.2) is 0 Å². The van der Waals surface area contributed by atoms with Gasteiger partial charge in [0.1, 0.15) is 0 Å². The van der Waals surface area contributed by atoms with Gasteiger partial charge < -0.3 is 19.9 Å². The van der Waals surface area contributed by atoms with Gasteiger partial charge in [0.05, 0.1) is 18.8 Å². The Balaban J connectivity index is 1.19. The standard InChI is InChI=1S/C38H38N2O4/c1-26(32-17-16-28-8-6-7-11-33(28)22-32)40(2)24-35-23-36(29-14-12-27(25-41)13-15-29)44-38(43-35)31-18-20-34(21-19-31)39-37(42)30-9-4-3-5-10-30/h3-22,26,35-36,38,41H,23-25H2,1-2H3,(H,39,42). The molecule has 5 aromatic carbocycles. The molecule has 44 heavy (non-hydrogen) atoms. The van der Waals surface area contributed by atoms with Crippen molar-refractivity contribution in [2.24, 2.45) is 0 Å². The van der Waals surface area contributed by atoms with Crippen molar-refractivity contribution in [2.75, 3.05) is 18.9 Å². The molecule has 5 aromatic rings. The Labute approximate surface area is 258 Å². The van der Waals surface area contributed by atoms with Crippen molar-refractivity contribution >= 4 is 22.4 Å². The van der Waals surface area contributed by atoms with E-state index in [2.05, 4.69) is 66.7 Å². The van der Waals surface area contributed by atoms with E-state index in [0.717, 1.165) is 23.2 Å². The molecule has 0 aromatic heterocycles. The predicted octanol–water partition coefficient (Wildman–Crippen LogP) is 7.82. The molecule has 6 rings (SSSR count). The van der Waals surface area contributed by atoms with Gasteiger partial charge in [0.2, 0.25) is 0 Å². The van der Waals surface area contributed by atoms with Gasteiger partial charge in [0, 0.05) is 35.8 Å². The molecule has 0 saturated carbocycles. The van der Waals surface area contributed by atoms with Gasteiger partial charge in [0.15, 0.2) is 6.29 Å². The van der Waals surface area contributed by atoms with Gasteiger partial charge in [0.25, 0.3) is 5.91 Å². The van der Waals surface area contributed by atoms with E-state index in [1.165, 1.54) is 16.3 Å². The fraction of sp³-hybridized carbons (Fsp3) is 0.237. The third-order valence-corrected chi connectivity index (χ3v) is 8.50. The maximum atomic E-state index is 12.6. The summed E-state index contributed by atoms with van der Waals surface area (Å²) in [4.78, 5) is 15.0. The number of carbonyl (C=O) groups excluding carboxylic acids is 1. The summed E-state index contributed by atoms with van der Waals surface area (Å²) in [5.41, 5.74) is 5.38. The summed E-state index contributed by atoms with van der Waals surface area (Å²) in [5.74, 6) is -0.154. The molecule has 0 bridgehead atoms. The number of rotatable bonds is 9. The minimum Gasteiger partial charge on any atom is -0.392 e. The Morgan fingerprint density at radius 2 is 1.52 bits per heavy atom. The van der Waals surface area contributed by atoms with Gasteiger partial charge in [-0.05, 0) is 71.8 Å². The van der Waals surface area contributed by atoms with Gasteiger partial charge >= 0.3 is 0 Å². The molecule has 2 N–H and O–H groups in total. The van der Waals surface area contributed by atoms with Crippen molar-refractivity contribution in [3.05, 3.63) is 149 Å². The molecule has 1 amide bonds. The van der Waals surface area contributed by atoms with Crippen LogP contribution in [0.4, 0.5) is 5.69 Å².